The fourth-order valence-corrected chi connectivity index (χ4v) is 2.85. The summed E-state index contributed by atoms with van der Waals surface area (Å²) in [5.41, 5.74) is 1.65. The van der Waals surface area contributed by atoms with Gasteiger partial charge in [0.05, 0.1) is 5.52 Å². The molecule has 1 amide bonds. The van der Waals surface area contributed by atoms with E-state index in [1.54, 1.807) is 24.3 Å². The van der Waals surface area contributed by atoms with Gasteiger partial charge in [0.2, 0.25) is 0 Å². The molecule has 7 heteroatoms. The first-order valence-electron chi connectivity index (χ1n) is 7.41. The summed E-state index contributed by atoms with van der Waals surface area (Å²) >= 11 is 3.22. The Labute approximate surface area is 151 Å². The third-order valence-electron chi connectivity index (χ3n) is 3.55. The first-order valence-corrected chi connectivity index (χ1v) is 8.21. The number of nitrogens with one attached hydrogen (secondary N) is 2. The van der Waals surface area contributed by atoms with Crippen molar-refractivity contribution in [2.45, 2.75) is 6.54 Å². The maximum atomic E-state index is 13.9. The van der Waals surface area contributed by atoms with Crippen molar-refractivity contribution in [1.82, 2.24) is 10.3 Å². The zero-order valence-electron chi connectivity index (χ0n) is 13.0. The van der Waals surface area contributed by atoms with Gasteiger partial charge in [0.15, 0.2) is 6.61 Å². The zero-order chi connectivity index (χ0) is 17.8. The summed E-state index contributed by atoms with van der Waals surface area (Å²) in [5, 5.41) is 11.7. The van der Waals surface area contributed by atoms with E-state index in [1.165, 1.54) is 12.1 Å². The van der Waals surface area contributed by atoms with Crippen molar-refractivity contribution < 1.29 is 13.9 Å². The lowest BCUT2D eigenvalue weighted by molar-refractivity contribution is 0.0946. The minimum absolute atomic E-state index is 0.0357. The van der Waals surface area contributed by atoms with Gasteiger partial charge in [-0.25, -0.2) is 4.39 Å². The molecule has 2 aromatic carbocycles. The normalized spacial score (nSPS) is 10.4. The Bertz CT molecular complexity index is 978. The minimum atomic E-state index is -0.401. The molecule has 0 aliphatic rings. The number of fused-ring (bicyclic) bond motifs is 1. The van der Waals surface area contributed by atoms with Gasteiger partial charge in [-0.2, -0.15) is 5.26 Å². The largest absolute Gasteiger partial charge is 0.479 e. The average Bonchev–Trinajstić information content (AvgIpc) is 3.02. The molecule has 1 heterocycles. The number of benzene rings is 2. The molecule has 0 aliphatic carbocycles. The van der Waals surface area contributed by atoms with E-state index >= 15 is 0 Å². The van der Waals surface area contributed by atoms with Crippen LogP contribution in [0.5, 0.6) is 5.75 Å². The van der Waals surface area contributed by atoms with Crippen molar-refractivity contribution in [2.24, 2.45) is 0 Å². The minimum Gasteiger partial charge on any atom is -0.479 e. The molecule has 3 aromatic rings. The number of carbonyl (C=O) groups excluding carboxylic acids is 1. The molecular weight excluding hydrogens is 389 g/mol. The van der Waals surface area contributed by atoms with Gasteiger partial charge in [0.25, 0.3) is 5.91 Å². The zero-order valence-corrected chi connectivity index (χ0v) is 14.6. The Morgan fingerprint density at radius 2 is 2.16 bits per heavy atom. The Morgan fingerprint density at radius 3 is 2.96 bits per heavy atom. The standard InChI is InChI=1S/C18H13BrFN3O2/c19-12-7-15(20)14-9-17(23-16(14)8-12)18(24)22-10-11-2-1-3-13(6-11)25-5-4-21/h1-3,6-9,23H,5,10H2,(H,22,24). The smallest absolute Gasteiger partial charge is 0.267 e. The molecule has 0 aliphatic heterocycles. The predicted molar refractivity (Wildman–Crippen MR) is 94.7 cm³/mol. The van der Waals surface area contributed by atoms with E-state index in [9.17, 15) is 9.18 Å². The van der Waals surface area contributed by atoms with E-state index in [1.807, 2.05) is 12.1 Å². The van der Waals surface area contributed by atoms with Gasteiger partial charge in [-0.1, -0.05) is 28.1 Å². The summed E-state index contributed by atoms with van der Waals surface area (Å²) in [6.45, 7) is 0.246. The SMILES string of the molecule is N#CCOc1cccc(CNC(=O)c2cc3c(F)cc(Br)cc3[nH]2)c1. The Morgan fingerprint density at radius 1 is 1.32 bits per heavy atom. The van der Waals surface area contributed by atoms with Crippen molar-refractivity contribution in [3.63, 3.8) is 0 Å². The van der Waals surface area contributed by atoms with Gasteiger partial charge in [-0.05, 0) is 35.9 Å². The summed E-state index contributed by atoms with van der Waals surface area (Å²) in [4.78, 5) is 15.2. The van der Waals surface area contributed by atoms with Crippen LogP contribution in [-0.4, -0.2) is 17.5 Å². The molecule has 0 fully saturated rings. The fourth-order valence-electron chi connectivity index (χ4n) is 2.42. The molecule has 0 unspecified atom stereocenters. The number of ether oxygens (including phenoxy) is 1. The number of amides is 1. The van der Waals surface area contributed by atoms with Crippen LogP contribution in [0.3, 0.4) is 0 Å². The van der Waals surface area contributed by atoms with E-state index < -0.39 is 5.82 Å². The van der Waals surface area contributed by atoms with Crippen molar-refractivity contribution in [2.75, 3.05) is 6.61 Å². The summed E-state index contributed by atoms with van der Waals surface area (Å²) in [6.07, 6.45) is 0. The van der Waals surface area contributed by atoms with Crippen molar-refractivity contribution in [3.8, 4) is 11.8 Å². The molecule has 2 N–H and O–H groups in total. The molecule has 0 radical (unpaired) electrons. The number of aromatic amines is 1. The number of carbonyl (C=O) groups is 1. The lowest BCUT2D eigenvalue weighted by Gasteiger charge is -2.06. The summed E-state index contributed by atoms with van der Waals surface area (Å²) in [6, 6.07) is 13.6. The highest BCUT2D eigenvalue weighted by molar-refractivity contribution is 9.10. The highest BCUT2D eigenvalue weighted by Gasteiger charge is 2.12. The molecule has 25 heavy (non-hydrogen) atoms. The van der Waals surface area contributed by atoms with Gasteiger partial charge < -0.3 is 15.0 Å². The third-order valence-corrected chi connectivity index (χ3v) is 4.01. The molecule has 0 spiro atoms. The number of H-pyrrole nitrogens is 1. The first-order chi connectivity index (χ1) is 12.1. The third kappa shape index (κ3) is 3.98. The fraction of sp³-hybridized carbons (Fsp3) is 0.111. The Hall–Kier alpha value is -2.85. The number of hydrogen-bond acceptors (Lipinski definition) is 3. The number of hydrogen-bond donors (Lipinski definition) is 2. The van der Waals surface area contributed by atoms with Gasteiger partial charge in [0, 0.05) is 16.4 Å². The molecule has 5 nitrogen and oxygen atoms in total. The molecule has 0 saturated heterocycles. The number of aromatic nitrogens is 1. The quantitative estimate of drug-likeness (QED) is 0.680. The summed E-state index contributed by atoms with van der Waals surface area (Å²) in [5.74, 6) is -0.178. The maximum absolute atomic E-state index is 13.9. The molecule has 0 saturated carbocycles. The van der Waals surface area contributed by atoms with Crippen LogP contribution in [0.2, 0.25) is 0 Å². The highest BCUT2D eigenvalue weighted by Crippen LogP contribution is 2.24. The Kier molecular flexibility index (Phi) is 5.00. The lowest BCUT2D eigenvalue weighted by atomic mass is 10.2. The van der Waals surface area contributed by atoms with Gasteiger partial charge >= 0.3 is 0 Å². The van der Waals surface area contributed by atoms with E-state index in [4.69, 9.17) is 10.00 Å². The molecule has 0 atom stereocenters. The topological polar surface area (TPSA) is 77.9 Å². The second kappa shape index (κ2) is 7.36. The number of halogens is 2. The van der Waals surface area contributed by atoms with Crippen LogP contribution in [0, 0.1) is 17.1 Å². The average molecular weight is 402 g/mol. The number of rotatable bonds is 5. The summed E-state index contributed by atoms with van der Waals surface area (Å²) < 4.78 is 19.7. The van der Waals surface area contributed by atoms with Gasteiger partial charge in [-0.15, -0.1) is 0 Å². The van der Waals surface area contributed by atoms with E-state index in [0.717, 1.165) is 5.56 Å². The maximum Gasteiger partial charge on any atom is 0.267 e. The van der Waals surface area contributed by atoms with Crippen molar-refractivity contribution in [1.29, 1.82) is 5.26 Å². The monoisotopic (exact) mass is 401 g/mol. The second-order valence-corrected chi connectivity index (χ2v) is 6.22. The van der Waals surface area contributed by atoms with Crippen LogP contribution in [-0.2, 0) is 6.54 Å². The van der Waals surface area contributed by atoms with Crippen molar-refractivity contribution in [3.05, 3.63) is 64.0 Å². The highest BCUT2D eigenvalue weighted by atomic mass is 79.9. The molecular formula is C18H13BrFN3O2. The van der Waals surface area contributed by atoms with Crippen molar-refractivity contribution >= 4 is 32.7 Å². The number of nitriles is 1. The molecule has 3 rings (SSSR count). The second-order valence-electron chi connectivity index (χ2n) is 5.31. The van der Waals surface area contributed by atoms with Crippen LogP contribution in [0.4, 0.5) is 4.39 Å². The van der Waals surface area contributed by atoms with Gasteiger partial charge in [-0.3, -0.25) is 4.79 Å². The van der Waals surface area contributed by atoms with E-state index in [2.05, 4.69) is 26.2 Å². The van der Waals surface area contributed by atoms with E-state index in [0.29, 0.717) is 21.1 Å². The van der Waals surface area contributed by atoms with Crippen LogP contribution in [0.15, 0.2) is 46.9 Å². The Balaban J connectivity index is 1.71. The van der Waals surface area contributed by atoms with Crippen LogP contribution in [0.1, 0.15) is 16.1 Å². The van der Waals surface area contributed by atoms with Crippen LogP contribution >= 0.6 is 15.9 Å². The molecule has 1 aromatic heterocycles. The molecule has 0 bridgehead atoms. The van der Waals surface area contributed by atoms with Crippen LogP contribution in [0.25, 0.3) is 10.9 Å². The van der Waals surface area contributed by atoms with E-state index in [-0.39, 0.29) is 24.8 Å². The van der Waals surface area contributed by atoms with Crippen LogP contribution < -0.4 is 10.1 Å². The molecule has 126 valence electrons. The number of nitrogens with zero attached hydrogens (tertiary/aromatic N) is 1. The predicted octanol–water partition coefficient (Wildman–Crippen LogP) is 3.90. The first kappa shape index (κ1) is 17.0. The summed E-state index contributed by atoms with van der Waals surface area (Å²) in [7, 11) is 0. The lowest BCUT2D eigenvalue weighted by Crippen LogP contribution is -2.23. The van der Waals surface area contributed by atoms with Gasteiger partial charge in [0.1, 0.15) is 23.3 Å².